The van der Waals surface area contributed by atoms with Crippen LogP contribution in [0.25, 0.3) is 0 Å². The Balaban J connectivity index is 0.00000272. The minimum atomic E-state index is -0.143. The highest BCUT2D eigenvalue weighted by atomic mass is 127. The summed E-state index contributed by atoms with van der Waals surface area (Å²) >= 11 is 0. The van der Waals surface area contributed by atoms with Gasteiger partial charge in [0.05, 0.1) is 18.3 Å². The van der Waals surface area contributed by atoms with E-state index in [9.17, 15) is 4.39 Å². The van der Waals surface area contributed by atoms with Gasteiger partial charge in [-0.2, -0.15) is 0 Å². The molecule has 1 fully saturated rings. The Morgan fingerprint density at radius 2 is 1.84 bits per heavy atom. The number of hydrogen-bond acceptors (Lipinski definition) is 4. The molecule has 0 amide bonds. The number of para-hydroxylation sites is 2. The molecular formula is C23H31FIN5O. The number of halogens is 2. The Labute approximate surface area is 200 Å². The van der Waals surface area contributed by atoms with Crippen molar-refractivity contribution in [1.82, 2.24) is 10.2 Å². The summed E-state index contributed by atoms with van der Waals surface area (Å²) in [7, 11) is 0. The number of nitrogens with one attached hydrogen (secondary N) is 1. The van der Waals surface area contributed by atoms with Crippen molar-refractivity contribution < 1.29 is 9.13 Å². The molecule has 0 bridgehead atoms. The molecule has 2 aromatic rings. The number of nitrogens with zero attached hydrogens (tertiary/aromatic N) is 3. The van der Waals surface area contributed by atoms with E-state index in [4.69, 9.17) is 10.5 Å². The Morgan fingerprint density at radius 1 is 1.10 bits per heavy atom. The maximum absolute atomic E-state index is 14.0. The van der Waals surface area contributed by atoms with Crippen LogP contribution in [-0.4, -0.2) is 56.7 Å². The Hall–Kier alpha value is -2.07. The van der Waals surface area contributed by atoms with Crippen molar-refractivity contribution in [1.29, 1.82) is 0 Å². The number of piperazine rings is 1. The molecule has 2 aromatic carbocycles. The molecule has 4 rings (SSSR count). The van der Waals surface area contributed by atoms with Gasteiger partial charge in [-0.25, -0.2) is 4.39 Å². The third-order valence-electron chi connectivity index (χ3n) is 5.76. The normalized spacial score (nSPS) is 19.2. The lowest BCUT2D eigenvalue weighted by atomic mass is 10.0. The fourth-order valence-corrected chi connectivity index (χ4v) is 4.13. The summed E-state index contributed by atoms with van der Waals surface area (Å²) in [4.78, 5) is 9.04. The molecule has 0 saturated carbocycles. The number of nitrogens with two attached hydrogens (primary N) is 1. The molecule has 0 radical (unpaired) electrons. The van der Waals surface area contributed by atoms with E-state index in [-0.39, 0.29) is 35.8 Å². The first kappa shape index (κ1) is 23.6. The third-order valence-corrected chi connectivity index (χ3v) is 5.76. The van der Waals surface area contributed by atoms with Gasteiger partial charge >= 0.3 is 0 Å². The molecule has 2 aliphatic heterocycles. The molecule has 1 unspecified atom stereocenters. The van der Waals surface area contributed by atoms with Crippen molar-refractivity contribution in [3.8, 4) is 5.75 Å². The molecule has 6 nitrogen and oxygen atoms in total. The summed E-state index contributed by atoms with van der Waals surface area (Å²) in [6, 6.07) is 15.2. The van der Waals surface area contributed by atoms with Crippen LogP contribution < -0.4 is 20.7 Å². The van der Waals surface area contributed by atoms with Crippen LogP contribution in [0.2, 0.25) is 0 Å². The van der Waals surface area contributed by atoms with Crippen LogP contribution in [-0.2, 0) is 0 Å². The van der Waals surface area contributed by atoms with Crippen LogP contribution >= 0.6 is 24.0 Å². The topological polar surface area (TPSA) is 66.1 Å². The molecule has 1 saturated heterocycles. The summed E-state index contributed by atoms with van der Waals surface area (Å²) < 4.78 is 19.6. The minimum Gasteiger partial charge on any atom is -0.493 e. The average Bonchev–Trinajstić information content (AvgIpc) is 2.78. The van der Waals surface area contributed by atoms with Gasteiger partial charge in [0.1, 0.15) is 11.6 Å². The van der Waals surface area contributed by atoms with E-state index in [0.29, 0.717) is 24.8 Å². The number of hydrogen-bond donors (Lipinski definition) is 2. The van der Waals surface area contributed by atoms with Crippen molar-refractivity contribution >= 4 is 35.6 Å². The lowest BCUT2D eigenvalue weighted by Crippen LogP contribution is -2.47. The molecule has 2 heterocycles. The first-order valence-electron chi connectivity index (χ1n) is 10.7. The number of rotatable bonds is 6. The van der Waals surface area contributed by atoms with Gasteiger partial charge in [-0.05, 0) is 24.6 Å². The van der Waals surface area contributed by atoms with E-state index in [1.807, 2.05) is 30.3 Å². The predicted octanol–water partition coefficient (Wildman–Crippen LogP) is 3.38. The van der Waals surface area contributed by atoms with Crippen molar-refractivity contribution in [2.45, 2.75) is 18.9 Å². The number of ether oxygens (including phenoxy) is 1. The summed E-state index contributed by atoms with van der Waals surface area (Å²) in [6.45, 7) is 5.91. The fourth-order valence-electron chi connectivity index (χ4n) is 4.13. The summed E-state index contributed by atoms with van der Waals surface area (Å²) in [5.41, 5.74) is 7.96. The van der Waals surface area contributed by atoms with E-state index in [1.165, 1.54) is 6.07 Å². The Bertz CT molecular complexity index is 873. The molecule has 2 aliphatic rings. The molecule has 3 N–H and O–H groups in total. The van der Waals surface area contributed by atoms with Gasteiger partial charge in [0, 0.05) is 51.3 Å². The highest BCUT2D eigenvalue weighted by Crippen LogP contribution is 2.31. The fraction of sp³-hybridized carbons (Fsp3) is 0.435. The second-order valence-corrected chi connectivity index (χ2v) is 7.77. The second kappa shape index (κ2) is 11.5. The van der Waals surface area contributed by atoms with Crippen LogP contribution in [0.15, 0.2) is 53.5 Å². The van der Waals surface area contributed by atoms with Crippen molar-refractivity contribution in [2.24, 2.45) is 10.7 Å². The number of guanidine groups is 1. The quantitative estimate of drug-likeness (QED) is 0.255. The number of aliphatic imine (C=N–C) groups is 1. The third kappa shape index (κ3) is 6.22. The molecule has 31 heavy (non-hydrogen) atoms. The van der Waals surface area contributed by atoms with Crippen LogP contribution in [0.5, 0.6) is 5.75 Å². The van der Waals surface area contributed by atoms with Gasteiger partial charge in [-0.1, -0.05) is 30.3 Å². The SMILES string of the molecule is I.NC(=NCCCN1CCN(c2ccccc2F)CC1)NC1CCOc2ccccc21. The summed E-state index contributed by atoms with van der Waals surface area (Å²) in [6.07, 6.45) is 1.83. The van der Waals surface area contributed by atoms with Crippen LogP contribution in [0.1, 0.15) is 24.4 Å². The Morgan fingerprint density at radius 3 is 2.65 bits per heavy atom. The van der Waals surface area contributed by atoms with Gasteiger partial charge in [0.15, 0.2) is 5.96 Å². The highest BCUT2D eigenvalue weighted by Gasteiger charge is 2.21. The van der Waals surface area contributed by atoms with Gasteiger partial charge in [-0.15, -0.1) is 24.0 Å². The molecule has 0 aromatic heterocycles. The number of anilines is 1. The largest absolute Gasteiger partial charge is 0.493 e. The maximum atomic E-state index is 14.0. The second-order valence-electron chi connectivity index (χ2n) is 7.77. The van der Waals surface area contributed by atoms with E-state index >= 15 is 0 Å². The maximum Gasteiger partial charge on any atom is 0.189 e. The first-order chi connectivity index (χ1) is 14.7. The molecule has 1 atom stereocenters. The van der Waals surface area contributed by atoms with Crippen molar-refractivity contribution in [3.63, 3.8) is 0 Å². The van der Waals surface area contributed by atoms with Crippen LogP contribution in [0.3, 0.4) is 0 Å². The lowest BCUT2D eigenvalue weighted by Gasteiger charge is -2.36. The summed E-state index contributed by atoms with van der Waals surface area (Å²) in [5.74, 6) is 1.26. The zero-order chi connectivity index (χ0) is 20.8. The molecule has 168 valence electrons. The highest BCUT2D eigenvalue weighted by molar-refractivity contribution is 14.0. The van der Waals surface area contributed by atoms with Crippen molar-refractivity contribution in [3.05, 3.63) is 59.9 Å². The molecule has 0 spiro atoms. The van der Waals surface area contributed by atoms with E-state index in [1.54, 1.807) is 6.07 Å². The smallest absolute Gasteiger partial charge is 0.189 e. The van der Waals surface area contributed by atoms with Gasteiger partial charge in [0.2, 0.25) is 0 Å². The van der Waals surface area contributed by atoms with Gasteiger partial charge in [-0.3, -0.25) is 9.89 Å². The average molecular weight is 539 g/mol. The Kier molecular flexibility index (Phi) is 8.77. The van der Waals surface area contributed by atoms with Crippen molar-refractivity contribution in [2.75, 3.05) is 50.8 Å². The van der Waals surface area contributed by atoms with Gasteiger partial charge < -0.3 is 20.7 Å². The van der Waals surface area contributed by atoms with E-state index in [2.05, 4.69) is 26.2 Å². The number of fused-ring (bicyclic) bond motifs is 1. The molecular weight excluding hydrogens is 508 g/mol. The number of benzene rings is 2. The molecule has 8 heteroatoms. The first-order valence-corrected chi connectivity index (χ1v) is 10.7. The molecule has 0 aliphatic carbocycles. The zero-order valence-electron chi connectivity index (χ0n) is 17.7. The van der Waals surface area contributed by atoms with Gasteiger partial charge in [0.25, 0.3) is 0 Å². The monoisotopic (exact) mass is 539 g/mol. The standard InChI is InChI=1S/C23H30FN5O.HI/c24-19-7-2-3-8-21(19)29-15-13-28(14-16-29)12-5-11-26-23(25)27-20-10-17-30-22-9-4-1-6-18(20)22;/h1-4,6-9,20H,5,10-17H2,(H3,25,26,27);1H. The zero-order valence-corrected chi connectivity index (χ0v) is 20.0. The van der Waals surface area contributed by atoms with Crippen LogP contribution in [0.4, 0.5) is 10.1 Å². The minimum absolute atomic E-state index is 0. The van der Waals surface area contributed by atoms with Crippen LogP contribution in [0, 0.1) is 5.82 Å². The predicted molar refractivity (Wildman–Crippen MR) is 134 cm³/mol. The summed E-state index contributed by atoms with van der Waals surface area (Å²) in [5, 5.41) is 3.33. The van der Waals surface area contributed by atoms with E-state index in [0.717, 1.165) is 56.9 Å². The van der Waals surface area contributed by atoms with E-state index < -0.39 is 0 Å². The lowest BCUT2D eigenvalue weighted by molar-refractivity contribution is 0.255.